The molecule has 0 aliphatic carbocycles. The van der Waals surface area contributed by atoms with Crippen LogP contribution in [-0.4, -0.2) is 47.2 Å². The Morgan fingerprint density at radius 1 is 0.920 bits per heavy atom. The van der Waals surface area contributed by atoms with E-state index < -0.39 is 0 Å². The van der Waals surface area contributed by atoms with Crippen LogP contribution in [0.5, 0.6) is 0 Å². The minimum atomic E-state index is -0.336. The van der Waals surface area contributed by atoms with Gasteiger partial charge in [-0.3, -0.25) is 19.3 Å². The zero-order valence-electron chi connectivity index (χ0n) is 13.5. The van der Waals surface area contributed by atoms with Gasteiger partial charge in [-0.05, 0) is 36.2 Å². The van der Waals surface area contributed by atoms with Crippen LogP contribution in [0.15, 0.2) is 59.1 Å². The molecule has 1 heterocycles. The molecule has 1 aliphatic rings. The molecule has 0 bridgehead atoms. The molecule has 0 unspecified atom stereocenters. The molecule has 2 aromatic carbocycles. The number of benzene rings is 2. The molecule has 0 aromatic heterocycles. The van der Waals surface area contributed by atoms with E-state index in [1.165, 1.54) is 9.80 Å². The number of halogens is 1. The second-order valence-corrected chi connectivity index (χ2v) is 6.76. The van der Waals surface area contributed by atoms with Gasteiger partial charge in [0.05, 0.1) is 0 Å². The first-order chi connectivity index (χ1) is 12.0. The quantitative estimate of drug-likeness (QED) is 0.740. The summed E-state index contributed by atoms with van der Waals surface area (Å²) in [5, 5.41) is 0. The Kier molecular flexibility index (Phi) is 5.28. The summed E-state index contributed by atoms with van der Waals surface area (Å²) in [6.45, 7) is 0.187. The van der Waals surface area contributed by atoms with Crippen molar-refractivity contribution in [3.63, 3.8) is 0 Å². The Labute approximate surface area is 154 Å². The molecule has 0 radical (unpaired) electrons. The highest BCUT2D eigenvalue weighted by Gasteiger charge is 2.33. The molecule has 0 atom stereocenters. The molecule has 1 fully saturated rings. The summed E-state index contributed by atoms with van der Waals surface area (Å²) in [5.41, 5.74) is 1.53. The molecular formula is C19H17BrN2O3. The standard InChI is InChI=1S/C19H17BrN2O3/c20-16-8-6-15(7-9-16)19(25)21-12-17(23)22(18(24)13-21)11-10-14-4-2-1-3-5-14/h1-9H,10-13H2. The number of rotatable bonds is 4. The van der Waals surface area contributed by atoms with Gasteiger partial charge in [-0.15, -0.1) is 0 Å². The first-order valence-electron chi connectivity index (χ1n) is 7.96. The fourth-order valence-corrected chi connectivity index (χ4v) is 3.01. The predicted octanol–water partition coefficient (Wildman–Crippen LogP) is 2.50. The Morgan fingerprint density at radius 2 is 1.52 bits per heavy atom. The summed E-state index contributed by atoms with van der Waals surface area (Å²) in [5.74, 6) is -0.979. The van der Waals surface area contributed by atoms with E-state index in [4.69, 9.17) is 0 Å². The molecule has 2 aromatic rings. The molecule has 5 nitrogen and oxygen atoms in total. The number of nitrogens with zero attached hydrogens (tertiary/aromatic N) is 2. The van der Waals surface area contributed by atoms with E-state index in [2.05, 4.69) is 15.9 Å². The number of carbonyl (C=O) groups excluding carboxylic acids is 3. The van der Waals surface area contributed by atoms with Gasteiger partial charge in [0.25, 0.3) is 5.91 Å². The van der Waals surface area contributed by atoms with Crippen LogP contribution >= 0.6 is 15.9 Å². The van der Waals surface area contributed by atoms with Crippen molar-refractivity contribution < 1.29 is 14.4 Å². The minimum Gasteiger partial charge on any atom is -0.320 e. The molecule has 1 aliphatic heterocycles. The van der Waals surface area contributed by atoms with E-state index >= 15 is 0 Å². The van der Waals surface area contributed by atoms with E-state index in [9.17, 15) is 14.4 Å². The van der Waals surface area contributed by atoms with Crippen LogP contribution in [0.25, 0.3) is 0 Å². The number of carbonyl (C=O) groups is 3. The normalized spacial score (nSPS) is 14.8. The summed E-state index contributed by atoms with van der Waals surface area (Å²) in [6.07, 6.45) is 0.610. The Bertz CT molecular complexity index is 772. The third-order valence-electron chi connectivity index (χ3n) is 4.10. The predicted molar refractivity (Wildman–Crippen MR) is 96.9 cm³/mol. The van der Waals surface area contributed by atoms with Crippen LogP contribution in [0.4, 0.5) is 0 Å². The molecule has 3 amide bonds. The van der Waals surface area contributed by atoms with Gasteiger partial charge in [-0.2, -0.15) is 0 Å². The Hall–Kier alpha value is -2.47. The van der Waals surface area contributed by atoms with Crippen LogP contribution in [0.1, 0.15) is 15.9 Å². The van der Waals surface area contributed by atoms with Gasteiger partial charge in [-0.1, -0.05) is 46.3 Å². The Morgan fingerprint density at radius 3 is 2.12 bits per heavy atom. The van der Waals surface area contributed by atoms with E-state index in [1.807, 2.05) is 30.3 Å². The van der Waals surface area contributed by atoms with Crippen LogP contribution < -0.4 is 0 Å². The van der Waals surface area contributed by atoms with Gasteiger partial charge in [0, 0.05) is 16.6 Å². The lowest BCUT2D eigenvalue weighted by Crippen LogP contribution is -2.55. The SMILES string of the molecule is O=C(c1ccc(Br)cc1)N1CC(=O)N(CCc2ccccc2)C(=O)C1. The second-order valence-electron chi connectivity index (χ2n) is 5.84. The average Bonchev–Trinajstić information content (AvgIpc) is 2.62. The van der Waals surface area contributed by atoms with Crippen LogP contribution in [-0.2, 0) is 16.0 Å². The zero-order valence-corrected chi connectivity index (χ0v) is 15.1. The topological polar surface area (TPSA) is 57.7 Å². The highest BCUT2D eigenvalue weighted by Crippen LogP contribution is 2.15. The summed E-state index contributed by atoms with van der Waals surface area (Å²) >= 11 is 3.31. The largest absolute Gasteiger partial charge is 0.320 e. The number of imide groups is 1. The summed E-state index contributed by atoms with van der Waals surface area (Å²) in [4.78, 5) is 39.7. The molecule has 25 heavy (non-hydrogen) atoms. The zero-order chi connectivity index (χ0) is 17.8. The molecule has 0 saturated carbocycles. The lowest BCUT2D eigenvalue weighted by Gasteiger charge is -2.32. The average molecular weight is 401 g/mol. The number of amides is 3. The third kappa shape index (κ3) is 4.14. The van der Waals surface area contributed by atoms with Gasteiger partial charge in [0.1, 0.15) is 13.1 Å². The van der Waals surface area contributed by atoms with Crippen molar-refractivity contribution in [2.45, 2.75) is 6.42 Å². The highest BCUT2D eigenvalue weighted by molar-refractivity contribution is 9.10. The van der Waals surface area contributed by atoms with Gasteiger partial charge < -0.3 is 4.90 Å². The molecule has 3 rings (SSSR count). The summed E-state index contributed by atoms with van der Waals surface area (Å²) < 4.78 is 0.863. The third-order valence-corrected chi connectivity index (χ3v) is 4.63. The monoisotopic (exact) mass is 400 g/mol. The molecular weight excluding hydrogens is 384 g/mol. The van der Waals surface area contributed by atoms with E-state index in [0.29, 0.717) is 18.5 Å². The van der Waals surface area contributed by atoms with Crippen molar-refractivity contribution in [2.75, 3.05) is 19.6 Å². The number of piperazine rings is 1. The summed E-state index contributed by atoms with van der Waals surface area (Å²) in [7, 11) is 0. The molecule has 1 saturated heterocycles. The number of hydrogen-bond acceptors (Lipinski definition) is 3. The Balaban J connectivity index is 1.63. The maximum Gasteiger partial charge on any atom is 0.254 e. The molecule has 128 valence electrons. The van der Waals surface area contributed by atoms with E-state index in [-0.39, 0.29) is 30.8 Å². The van der Waals surface area contributed by atoms with Crippen molar-refractivity contribution in [2.24, 2.45) is 0 Å². The second kappa shape index (κ2) is 7.61. The lowest BCUT2D eigenvalue weighted by molar-refractivity contribution is -0.150. The van der Waals surface area contributed by atoms with Gasteiger partial charge >= 0.3 is 0 Å². The van der Waals surface area contributed by atoms with Gasteiger partial charge in [0.15, 0.2) is 0 Å². The fourth-order valence-electron chi connectivity index (χ4n) is 2.75. The van der Waals surface area contributed by atoms with E-state index in [0.717, 1.165) is 10.0 Å². The van der Waals surface area contributed by atoms with Crippen molar-refractivity contribution >= 4 is 33.7 Å². The van der Waals surface area contributed by atoms with Crippen LogP contribution in [0.2, 0.25) is 0 Å². The number of hydrogen-bond donors (Lipinski definition) is 0. The fraction of sp³-hybridized carbons (Fsp3) is 0.211. The van der Waals surface area contributed by atoms with Crippen molar-refractivity contribution in [3.8, 4) is 0 Å². The van der Waals surface area contributed by atoms with Crippen molar-refractivity contribution in [1.29, 1.82) is 0 Å². The maximum atomic E-state index is 12.5. The van der Waals surface area contributed by atoms with Crippen LogP contribution in [0, 0.1) is 0 Å². The molecule has 0 spiro atoms. The summed E-state index contributed by atoms with van der Waals surface area (Å²) in [6, 6.07) is 16.5. The van der Waals surface area contributed by atoms with Crippen molar-refractivity contribution in [1.82, 2.24) is 9.80 Å². The minimum absolute atomic E-state index is 0.0740. The smallest absolute Gasteiger partial charge is 0.254 e. The van der Waals surface area contributed by atoms with Gasteiger partial charge in [-0.25, -0.2) is 0 Å². The van der Waals surface area contributed by atoms with Gasteiger partial charge in [0.2, 0.25) is 11.8 Å². The van der Waals surface area contributed by atoms with E-state index in [1.54, 1.807) is 24.3 Å². The first-order valence-corrected chi connectivity index (χ1v) is 8.76. The van der Waals surface area contributed by atoms with Crippen molar-refractivity contribution in [3.05, 3.63) is 70.2 Å². The first kappa shape index (κ1) is 17.4. The lowest BCUT2D eigenvalue weighted by atomic mass is 10.1. The molecule has 0 N–H and O–H groups in total. The highest BCUT2D eigenvalue weighted by atomic mass is 79.9. The van der Waals surface area contributed by atoms with Crippen LogP contribution in [0.3, 0.4) is 0 Å². The maximum absolute atomic E-state index is 12.5. The molecule has 6 heteroatoms.